The molecule has 0 aromatic carbocycles. The van der Waals surface area contributed by atoms with Crippen LogP contribution < -0.4 is 4.90 Å². The molecule has 1 saturated heterocycles. The van der Waals surface area contributed by atoms with Crippen molar-refractivity contribution >= 4 is 11.6 Å². The van der Waals surface area contributed by atoms with Crippen LogP contribution in [0, 0.1) is 0 Å². The molecule has 2 N–H and O–H groups in total. The first-order chi connectivity index (χ1) is 6.68. The van der Waals surface area contributed by atoms with Crippen LogP contribution in [0.5, 0.6) is 5.88 Å². The molecule has 1 fully saturated rings. The number of piperazine rings is 1. The van der Waals surface area contributed by atoms with Gasteiger partial charge >= 0.3 is 0 Å². The number of likely N-dealkylation sites (N-methyl/N-ethyl adjacent to an activating group) is 1. The molecule has 0 aliphatic carbocycles. The zero-order valence-corrected chi connectivity index (χ0v) is 8.03. The van der Waals surface area contributed by atoms with Gasteiger partial charge in [-0.3, -0.25) is 9.69 Å². The zero-order valence-electron chi connectivity index (χ0n) is 8.03. The lowest BCUT2D eigenvalue weighted by molar-refractivity contribution is -0.120. The monoisotopic (exact) mass is 195 g/mol. The smallest absolute Gasteiger partial charge is 0.241 e. The lowest BCUT2D eigenvalue weighted by Crippen LogP contribution is -2.48. The van der Waals surface area contributed by atoms with Gasteiger partial charge in [0.1, 0.15) is 5.69 Å². The van der Waals surface area contributed by atoms with Crippen LogP contribution in [0.1, 0.15) is 0 Å². The van der Waals surface area contributed by atoms with E-state index in [9.17, 15) is 9.90 Å². The first-order valence-corrected chi connectivity index (χ1v) is 4.54. The van der Waals surface area contributed by atoms with Gasteiger partial charge in [0.2, 0.25) is 11.8 Å². The molecule has 0 saturated carbocycles. The molecule has 5 heteroatoms. The van der Waals surface area contributed by atoms with Crippen molar-refractivity contribution in [1.29, 1.82) is 0 Å². The van der Waals surface area contributed by atoms with Gasteiger partial charge in [0, 0.05) is 19.3 Å². The summed E-state index contributed by atoms with van der Waals surface area (Å²) >= 11 is 0. The summed E-state index contributed by atoms with van der Waals surface area (Å²) in [5.41, 5.74) is 0.572. The number of nitrogens with one attached hydrogen (secondary N) is 1. The van der Waals surface area contributed by atoms with Crippen molar-refractivity contribution in [3.63, 3.8) is 0 Å². The number of amides is 1. The van der Waals surface area contributed by atoms with Gasteiger partial charge in [-0.15, -0.1) is 0 Å². The van der Waals surface area contributed by atoms with Crippen LogP contribution in [0.2, 0.25) is 0 Å². The average molecular weight is 195 g/mol. The highest BCUT2D eigenvalue weighted by molar-refractivity contribution is 5.96. The molecule has 2 heterocycles. The fourth-order valence-electron chi connectivity index (χ4n) is 1.62. The van der Waals surface area contributed by atoms with Crippen LogP contribution in [0.25, 0.3) is 0 Å². The van der Waals surface area contributed by atoms with Gasteiger partial charge in [0.05, 0.1) is 6.54 Å². The van der Waals surface area contributed by atoms with E-state index >= 15 is 0 Å². The Hall–Kier alpha value is -1.49. The Morgan fingerprint density at radius 2 is 2.29 bits per heavy atom. The first kappa shape index (κ1) is 9.08. The molecule has 5 nitrogen and oxygen atoms in total. The SMILES string of the molecule is CN1CCN(c2cc[nH]c2O)C(=O)C1. The van der Waals surface area contributed by atoms with Gasteiger partial charge in [0.15, 0.2) is 0 Å². The Bertz CT molecular complexity index is 348. The van der Waals surface area contributed by atoms with Crippen molar-refractivity contribution in [1.82, 2.24) is 9.88 Å². The van der Waals surface area contributed by atoms with Crippen molar-refractivity contribution in [3.8, 4) is 5.88 Å². The molecule has 1 amide bonds. The Morgan fingerprint density at radius 3 is 2.86 bits per heavy atom. The molecule has 14 heavy (non-hydrogen) atoms. The third-order valence-corrected chi connectivity index (χ3v) is 2.41. The number of nitrogens with zero attached hydrogens (tertiary/aromatic N) is 2. The van der Waals surface area contributed by atoms with E-state index in [1.54, 1.807) is 17.2 Å². The molecule has 2 rings (SSSR count). The topological polar surface area (TPSA) is 59.6 Å². The van der Waals surface area contributed by atoms with E-state index in [1.807, 2.05) is 11.9 Å². The molecular weight excluding hydrogens is 182 g/mol. The number of hydrogen-bond acceptors (Lipinski definition) is 3. The molecule has 1 aromatic rings. The van der Waals surface area contributed by atoms with Crippen LogP contribution in [0.4, 0.5) is 5.69 Å². The van der Waals surface area contributed by atoms with Crippen molar-refractivity contribution in [3.05, 3.63) is 12.3 Å². The number of aromatic amines is 1. The molecule has 0 atom stereocenters. The number of rotatable bonds is 1. The molecule has 0 unspecified atom stereocenters. The standard InChI is InChI=1S/C9H13N3O2/c1-11-4-5-12(8(13)6-11)7-2-3-10-9(7)14/h2-3,10,14H,4-6H2,1H3. The molecule has 0 radical (unpaired) electrons. The second-order valence-corrected chi connectivity index (χ2v) is 3.49. The fraction of sp³-hybridized carbons (Fsp3) is 0.444. The lowest BCUT2D eigenvalue weighted by atomic mass is 10.3. The summed E-state index contributed by atoms with van der Waals surface area (Å²) in [7, 11) is 1.91. The van der Waals surface area contributed by atoms with Gasteiger partial charge < -0.3 is 15.0 Å². The van der Waals surface area contributed by atoms with Gasteiger partial charge in [-0.05, 0) is 13.1 Å². The van der Waals surface area contributed by atoms with Crippen molar-refractivity contribution in [2.75, 3.05) is 31.6 Å². The minimum atomic E-state index is 0.0219. The Morgan fingerprint density at radius 1 is 1.50 bits per heavy atom. The van der Waals surface area contributed by atoms with Crippen LogP contribution >= 0.6 is 0 Å². The van der Waals surface area contributed by atoms with E-state index in [2.05, 4.69) is 4.98 Å². The Labute approximate surface area is 81.9 Å². The highest BCUT2D eigenvalue weighted by Gasteiger charge is 2.24. The summed E-state index contributed by atoms with van der Waals surface area (Å²) in [5, 5.41) is 9.42. The second kappa shape index (κ2) is 3.34. The van der Waals surface area contributed by atoms with Crippen molar-refractivity contribution < 1.29 is 9.90 Å². The number of aromatic hydroxyl groups is 1. The molecule has 1 aromatic heterocycles. The highest BCUT2D eigenvalue weighted by atomic mass is 16.3. The number of anilines is 1. The van der Waals surface area contributed by atoms with Gasteiger partial charge in [-0.25, -0.2) is 0 Å². The van der Waals surface area contributed by atoms with Gasteiger partial charge in [-0.1, -0.05) is 0 Å². The Balaban J connectivity index is 2.20. The summed E-state index contributed by atoms with van der Waals surface area (Å²) < 4.78 is 0. The summed E-state index contributed by atoms with van der Waals surface area (Å²) in [6.45, 7) is 1.86. The van der Waals surface area contributed by atoms with Crippen LogP contribution in [0.3, 0.4) is 0 Å². The van der Waals surface area contributed by atoms with E-state index in [-0.39, 0.29) is 11.8 Å². The largest absolute Gasteiger partial charge is 0.493 e. The number of carbonyl (C=O) groups excluding carboxylic acids is 1. The number of aromatic nitrogens is 1. The van der Waals surface area contributed by atoms with E-state index in [0.29, 0.717) is 18.8 Å². The van der Waals surface area contributed by atoms with Crippen molar-refractivity contribution in [2.24, 2.45) is 0 Å². The molecule has 1 aliphatic heterocycles. The summed E-state index contributed by atoms with van der Waals surface area (Å²) in [5.74, 6) is 0.0801. The summed E-state index contributed by atoms with van der Waals surface area (Å²) in [4.78, 5) is 17.8. The van der Waals surface area contributed by atoms with Crippen LogP contribution in [-0.4, -0.2) is 47.6 Å². The maximum absolute atomic E-state index is 11.6. The van der Waals surface area contributed by atoms with Crippen molar-refractivity contribution in [2.45, 2.75) is 0 Å². The molecular formula is C9H13N3O2. The second-order valence-electron chi connectivity index (χ2n) is 3.49. The molecule has 0 bridgehead atoms. The predicted octanol–water partition coefficient (Wildman–Crippen LogP) is -0.00130. The third-order valence-electron chi connectivity index (χ3n) is 2.41. The quantitative estimate of drug-likeness (QED) is 0.663. The normalized spacial score (nSPS) is 18.9. The minimum Gasteiger partial charge on any atom is -0.493 e. The lowest BCUT2D eigenvalue weighted by Gasteiger charge is -2.31. The predicted molar refractivity (Wildman–Crippen MR) is 52.3 cm³/mol. The van der Waals surface area contributed by atoms with E-state index in [4.69, 9.17) is 0 Å². The molecule has 1 aliphatic rings. The Kier molecular flexibility index (Phi) is 2.17. The van der Waals surface area contributed by atoms with E-state index in [0.717, 1.165) is 6.54 Å². The van der Waals surface area contributed by atoms with Gasteiger partial charge in [-0.2, -0.15) is 0 Å². The molecule has 0 spiro atoms. The summed E-state index contributed by atoms with van der Waals surface area (Å²) in [6.07, 6.45) is 1.62. The first-order valence-electron chi connectivity index (χ1n) is 4.54. The third kappa shape index (κ3) is 1.46. The van der Waals surface area contributed by atoms with E-state index in [1.165, 1.54) is 0 Å². The summed E-state index contributed by atoms with van der Waals surface area (Å²) in [6, 6.07) is 1.71. The maximum Gasteiger partial charge on any atom is 0.241 e. The average Bonchev–Trinajstić information content (AvgIpc) is 2.52. The highest BCUT2D eigenvalue weighted by Crippen LogP contribution is 2.26. The maximum atomic E-state index is 11.6. The van der Waals surface area contributed by atoms with Crippen LogP contribution in [-0.2, 0) is 4.79 Å². The fourth-order valence-corrected chi connectivity index (χ4v) is 1.62. The zero-order chi connectivity index (χ0) is 10.1. The number of H-pyrrole nitrogens is 1. The number of carbonyl (C=O) groups is 1. The molecule has 76 valence electrons. The van der Waals surface area contributed by atoms with Crippen LogP contribution in [0.15, 0.2) is 12.3 Å². The number of hydrogen-bond donors (Lipinski definition) is 2. The van der Waals surface area contributed by atoms with E-state index < -0.39 is 0 Å². The van der Waals surface area contributed by atoms with Gasteiger partial charge in [0.25, 0.3) is 0 Å². The minimum absolute atomic E-state index is 0.0219.